The molecule has 0 fully saturated rings. The van der Waals surface area contributed by atoms with Gasteiger partial charge in [0.1, 0.15) is 6.54 Å². The minimum atomic E-state index is 0.117. The van der Waals surface area contributed by atoms with Gasteiger partial charge in [-0.1, -0.05) is 0 Å². The van der Waals surface area contributed by atoms with Crippen molar-refractivity contribution in [3.63, 3.8) is 0 Å². The number of hydrogen-bond acceptors (Lipinski definition) is 2. The summed E-state index contributed by atoms with van der Waals surface area (Å²) in [6, 6.07) is 1.97. The van der Waals surface area contributed by atoms with Crippen molar-refractivity contribution >= 4 is 5.78 Å². The lowest BCUT2D eigenvalue weighted by molar-refractivity contribution is 0.0967. The number of hydrogen-bond donors (Lipinski definition) is 0. The molecule has 0 aliphatic carbocycles. The third kappa shape index (κ3) is 2.23. The van der Waals surface area contributed by atoms with Gasteiger partial charge in [0.2, 0.25) is 0 Å². The summed E-state index contributed by atoms with van der Waals surface area (Å²) in [6.45, 7) is 9.29. The topological polar surface area (TPSA) is 39.8 Å². The van der Waals surface area contributed by atoms with Crippen molar-refractivity contribution in [2.75, 3.05) is 0 Å². The third-order valence-electron chi connectivity index (χ3n) is 3.26. The average molecular weight is 245 g/mol. The molecule has 0 atom stereocenters. The number of carbonyl (C=O) groups excluding carboxylic acids is 1. The van der Waals surface area contributed by atoms with Crippen molar-refractivity contribution in [2.24, 2.45) is 0 Å². The van der Waals surface area contributed by atoms with E-state index >= 15 is 0 Å². The van der Waals surface area contributed by atoms with Gasteiger partial charge in [-0.05, 0) is 39.3 Å². The van der Waals surface area contributed by atoms with Gasteiger partial charge < -0.3 is 4.57 Å². The van der Waals surface area contributed by atoms with E-state index in [0.29, 0.717) is 6.54 Å². The Labute approximate surface area is 107 Å². The van der Waals surface area contributed by atoms with Crippen LogP contribution in [-0.4, -0.2) is 20.1 Å². The van der Waals surface area contributed by atoms with Crippen LogP contribution in [0.4, 0.5) is 0 Å². The van der Waals surface area contributed by atoms with Crippen LogP contribution in [0.15, 0.2) is 18.5 Å². The van der Waals surface area contributed by atoms with E-state index in [4.69, 9.17) is 0 Å². The molecule has 2 heterocycles. The molecule has 18 heavy (non-hydrogen) atoms. The highest BCUT2D eigenvalue weighted by atomic mass is 16.1. The molecule has 0 radical (unpaired) electrons. The summed E-state index contributed by atoms with van der Waals surface area (Å²) in [5.74, 6) is 0.117. The van der Waals surface area contributed by atoms with Gasteiger partial charge in [0.15, 0.2) is 5.78 Å². The number of aryl methyl sites for hydroxylation is 2. The summed E-state index contributed by atoms with van der Waals surface area (Å²) in [5, 5.41) is 4.15. The standard InChI is InChI=1S/C14H19N3O/c1-5-17-11(3)6-13(12(17)4)14(18)9-16-8-10(2)7-15-16/h6-8H,5,9H2,1-4H3. The number of Topliss-reactive ketones (excluding diaryl/α,β-unsaturated/α-hetero) is 1. The summed E-state index contributed by atoms with van der Waals surface area (Å²) in [5.41, 5.74) is 4.06. The Bertz CT molecular complexity index is 578. The summed E-state index contributed by atoms with van der Waals surface area (Å²) >= 11 is 0. The van der Waals surface area contributed by atoms with Crippen LogP contribution in [0.2, 0.25) is 0 Å². The van der Waals surface area contributed by atoms with Gasteiger partial charge in [-0.15, -0.1) is 0 Å². The first kappa shape index (κ1) is 12.6. The van der Waals surface area contributed by atoms with Crippen LogP contribution in [-0.2, 0) is 13.1 Å². The smallest absolute Gasteiger partial charge is 0.186 e. The van der Waals surface area contributed by atoms with Gasteiger partial charge in [0.05, 0.1) is 6.20 Å². The van der Waals surface area contributed by atoms with Crippen LogP contribution in [0.1, 0.15) is 34.2 Å². The van der Waals surface area contributed by atoms with E-state index in [1.807, 2.05) is 33.0 Å². The molecule has 0 aliphatic heterocycles. The first-order valence-electron chi connectivity index (χ1n) is 6.22. The predicted molar refractivity (Wildman–Crippen MR) is 70.9 cm³/mol. The Hall–Kier alpha value is -1.84. The van der Waals surface area contributed by atoms with E-state index in [1.165, 1.54) is 0 Å². The molecule has 4 nitrogen and oxygen atoms in total. The Balaban J connectivity index is 2.24. The van der Waals surface area contributed by atoms with Crippen molar-refractivity contribution in [2.45, 2.75) is 40.8 Å². The molecule has 0 bridgehead atoms. The molecule has 0 N–H and O–H groups in total. The van der Waals surface area contributed by atoms with Crippen molar-refractivity contribution in [1.29, 1.82) is 0 Å². The zero-order chi connectivity index (χ0) is 13.3. The fraction of sp³-hybridized carbons (Fsp3) is 0.429. The molecule has 4 heteroatoms. The molecule has 0 saturated carbocycles. The van der Waals surface area contributed by atoms with Gasteiger partial charge in [0, 0.05) is 29.7 Å². The Morgan fingerprint density at radius 3 is 2.56 bits per heavy atom. The molecule has 96 valence electrons. The van der Waals surface area contributed by atoms with Crippen LogP contribution in [0.5, 0.6) is 0 Å². The molecule has 0 spiro atoms. The lowest BCUT2D eigenvalue weighted by Gasteiger charge is -2.05. The maximum atomic E-state index is 12.3. The molecule has 0 aliphatic rings. The van der Waals surface area contributed by atoms with Crippen LogP contribution in [0.3, 0.4) is 0 Å². The molecule has 0 unspecified atom stereocenters. The van der Waals surface area contributed by atoms with Crippen LogP contribution in [0.25, 0.3) is 0 Å². The molecule has 2 aromatic rings. The van der Waals surface area contributed by atoms with Gasteiger partial charge in [-0.3, -0.25) is 9.48 Å². The monoisotopic (exact) mass is 245 g/mol. The molecule has 0 aromatic carbocycles. The lowest BCUT2D eigenvalue weighted by Crippen LogP contribution is -2.12. The van der Waals surface area contributed by atoms with Gasteiger partial charge in [-0.25, -0.2) is 0 Å². The summed E-state index contributed by atoms with van der Waals surface area (Å²) in [4.78, 5) is 12.3. The number of nitrogens with zero attached hydrogens (tertiary/aromatic N) is 3. The van der Waals surface area contributed by atoms with Crippen LogP contribution >= 0.6 is 0 Å². The zero-order valence-corrected chi connectivity index (χ0v) is 11.4. The highest BCUT2D eigenvalue weighted by molar-refractivity contribution is 5.97. The number of ketones is 1. The molecule has 0 amide bonds. The van der Waals surface area contributed by atoms with E-state index in [1.54, 1.807) is 10.9 Å². The van der Waals surface area contributed by atoms with E-state index in [2.05, 4.69) is 16.6 Å². The first-order valence-corrected chi connectivity index (χ1v) is 6.22. The third-order valence-corrected chi connectivity index (χ3v) is 3.26. The first-order chi connectivity index (χ1) is 8.52. The fourth-order valence-electron chi connectivity index (χ4n) is 2.36. The van der Waals surface area contributed by atoms with Crippen LogP contribution in [0, 0.1) is 20.8 Å². The maximum absolute atomic E-state index is 12.3. The number of carbonyl (C=O) groups is 1. The maximum Gasteiger partial charge on any atom is 0.186 e. The minimum Gasteiger partial charge on any atom is -0.349 e. The molecular weight excluding hydrogens is 226 g/mol. The van der Waals surface area contributed by atoms with E-state index < -0.39 is 0 Å². The van der Waals surface area contributed by atoms with E-state index in [-0.39, 0.29) is 5.78 Å². The Morgan fingerprint density at radius 1 is 1.33 bits per heavy atom. The molecule has 2 rings (SSSR count). The van der Waals surface area contributed by atoms with Gasteiger partial charge in [0.25, 0.3) is 0 Å². The molecule has 2 aromatic heterocycles. The van der Waals surface area contributed by atoms with Crippen LogP contribution < -0.4 is 0 Å². The van der Waals surface area contributed by atoms with Gasteiger partial charge >= 0.3 is 0 Å². The average Bonchev–Trinajstić information content (AvgIpc) is 2.83. The quantitative estimate of drug-likeness (QED) is 0.776. The van der Waals surface area contributed by atoms with Crippen molar-refractivity contribution in [3.05, 3.63) is 41.0 Å². The summed E-state index contributed by atoms with van der Waals surface area (Å²) in [7, 11) is 0. The van der Waals surface area contributed by atoms with E-state index in [9.17, 15) is 4.79 Å². The SMILES string of the molecule is CCn1c(C)cc(C(=O)Cn2cc(C)cn2)c1C. The van der Waals surface area contributed by atoms with Crippen molar-refractivity contribution < 1.29 is 4.79 Å². The Kier molecular flexibility index (Phi) is 3.36. The van der Waals surface area contributed by atoms with E-state index in [0.717, 1.165) is 29.1 Å². The zero-order valence-electron chi connectivity index (χ0n) is 11.4. The Morgan fingerprint density at radius 2 is 2.06 bits per heavy atom. The normalized spacial score (nSPS) is 10.9. The van der Waals surface area contributed by atoms with Crippen molar-refractivity contribution in [1.82, 2.24) is 14.3 Å². The minimum absolute atomic E-state index is 0.117. The predicted octanol–water partition coefficient (Wildman–Crippen LogP) is 2.51. The second-order valence-corrected chi connectivity index (χ2v) is 4.67. The largest absolute Gasteiger partial charge is 0.349 e. The summed E-state index contributed by atoms with van der Waals surface area (Å²) in [6.07, 6.45) is 3.65. The van der Waals surface area contributed by atoms with Crippen molar-refractivity contribution in [3.8, 4) is 0 Å². The summed E-state index contributed by atoms with van der Waals surface area (Å²) < 4.78 is 3.84. The molecule has 0 saturated heterocycles. The van der Waals surface area contributed by atoms with Gasteiger partial charge in [-0.2, -0.15) is 5.10 Å². The highest BCUT2D eigenvalue weighted by Crippen LogP contribution is 2.16. The molecular formula is C14H19N3O. The second-order valence-electron chi connectivity index (χ2n) is 4.67. The fourth-order valence-corrected chi connectivity index (χ4v) is 2.36. The number of aromatic nitrogens is 3. The second kappa shape index (κ2) is 4.80. The number of rotatable bonds is 4. The highest BCUT2D eigenvalue weighted by Gasteiger charge is 2.15. The lowest BCUT2D eigenvalue weighted by atomic mass is 10.1.